The lowest BCUT2D eigenvalue weighted by Gasteiger charge is -2.10. The molecule has 0 saturated carbocycles. The van der Waals surface area contributed by atoms with E-state index in [2.05, 4.69) is 30.6 Å². The molecule has 2 heterocycles. The molecule has 1 aliphatic rings. The lowest BCUT2D eigenvalue weighted by Crippen LogP contribution is -1.91. The number of carbonyl (C=O) groups is 1. The number of carbonyl (C=O) groups excluding carboxylic acids is 1. The Hall–Kier alpha value is -1.66. The SMILES string of the molecule is Brc1ccc2c(c1)NSC=N2.O=Cc1ccncc1. The summed E-state index contributed by atoms with van der Waals surface area (Å²) >= 11 is 4.87. The zero-order valence-corrected chi connectivity index (χ0v) is 12.2. The van der Waals surface area contributed by atoms with Crippen LogP contribution in [0, 0.1) is 0 Å². The molecular weight excluding hydrogens is 326 g/mol. The summed E-state index contributed by atoms with van der Waals surface area (Å²) in [4.78, 5) is 17.9. The first kappa shape index (κ1) is 13.8. The summed E-state index contributed by atoms with van der Waals surface area (Å²) in [7, 11) is 0. The number of nitrogens with one attached hydrogen (secondary N) is 1. The number of rotatable bonds is 1. The average molecular weight is 336 g/mol. The van der Waals surface area contributed by atoms with E-state index in [0.717, 1.165) is 22.1 Å². The molecule has 3 rings (SSSR count). The number of benzene rings is 1. The molecule has 0 unspecified atom stereocenters. The Morgan fingerprint density at radius 3 is 2.68 bits per heavy atom. The molecule has 0 radical (unpaired) electrons. The molecule has 0 amide bonds. The highest BCUT2D eigenvalue weighted by Crippen LogP contribution is 2.32. The summed E-state index contributed by atoms with van der Waals surface area (Å²) in [5.41, 5.74) is 4.51. The molecule has 0 saturated heterocycles. The van der Waals surface area contributed by atoms with Gasteiger partial charge in [0.2, 0.25) is 0 Å². The van der Waals surface area contributed by atoms with Crippen LogP contribution >= 0.6 is 27.9 Å². The smallest absolute Gasteiger partial charge is 0.150 e. The van der Waals surface area contributed by atoms with Crippen LogP contribution in [0.2, 0.25) is 0 Å². The molecule has 0 atom stereocenters. The molecular formula is C13H10BrN3OS. The van der Waals surface area contributed by atoms with Crippen LogP contribution in [0.1, 0.15) is 10.4 Å². The van der Waals surface area contributed by atoms with Gasteiger partial charge in [-0.3, -0.25) is 9.78 Å². The molecule has 0 bridgehead atoms. The largest absolute Gasteiger partial charge is 0.323 e. The van der Waals surface area contributed by atoms with E-state index in [1.807, 2.05) is 18.2 Å². The van der Waals surface area contributed by atoms with Crippen LogP contribution in [0.15, 0.2) is 52.2 Å². The average Bonchev–Trinajstić information content (AvgIpc) is 2.48. The van der Waals surface area contributed by atoms with Crippen LogP contribution in [0.5, 0.6) is 0 Å². The molecule has 0 spiro atoms. The quantitative estimate of drug-likeness (QED) is 0.630. The minimum Gasteiger partial charge on any atom is -0.323 e. The maximum absolute atomic E-state index is 9.98. The van der Waals surface area contributed by atoms with Gasteiger partial charge in [0.15, 0.2) is 0 Å². The van der Waals surface area contributed by atoms with Gasteiger partial charge in [-0.25, -0.2) is 4.99 Å². The van der Waals surface area contributed by atoms with Crippen molar-refractivity contribution in [1.29, 1.82) is 0 Å². The van der Waals surface area contributed by atoms with Gasteiger partial charge in [0.25, 0.3) is 0 Å². The van der Waals surface area contributed by atoms with Gasteiger partial charge in [-0.05, 0) is 42.3 Å². The van der Waals surface area contributed by atoms with E-state index in [0.29, 0.717) is 5.56 Å². The molecule has 2 aromatic rings. The van der Waals surface area contributed by atoms with Crippen molar-refractivity contribution in [3.63, 3.8) is 0 Å². The summed E-state index contributed by atoms with van der Waals surface area (Å²) in [6.07, 6.45) is 3.97. The number of anilines is 1. The van der Waals surface area contributed by atoms with Gasteiger partial charge in [0, 0.05) is 22.4 Å². The predicted octanol–water partition coefficient (Wildman–Crippen LogP) is 4.08. The zero-order chi connectivity index (χ0) is 13.5. The molecule has 6 heteroatoms. The van der Waals surface area contributed by atoms with Crippen LogP contribution in [0.4, 0.5) is 11.4 Å². The molecule has 1 aromatic heterocycles. The van der Waals surface area contributed by atoms with Crippen LogP contribution in [-0.4, -0.2) is 16.8 Å². The van der Waals surface area contributed by atoms with Crippen molar-refractivity contribution in [1.82, 2.24) is 4.98 Å². The highest BCUT2D eigenvalue weighted by atomic mass is 79.9. The number of hydrogen-bond donors (Lipinski definition) is 1. The number of aldehydes is 1. The maximum Gasteiger partial charge on any atom is 0.150 e. The number of aromatic nitrogens is 1. The van der Waals surface area contributed by atoms with E-state index >= 15 is 0 Å². The van der Waals surface area contributed by atoms with Crippen molar-refractivity contribution in [2.24, 2.45) is 4.99 Å². The van der Waals surface area contributed by atoms with Gasteiger partial charge in [-0.15, -0.1) is 0 Å². The van der Waals surface area contributed by atoms with E-state index in [1.165, 1.54) is 11.9 Å². The number of pyridine rings is 1. The number of aliphatic imine (C=N–C) groups is 1. The van der Waals surface area contributed by atoms with Gasteiger partial charge in [-0.2, -0.15) is 0 Å². The van der Waals surface area contributed by atoms with Gasteiger partial charge in [0.05, 0.1) is 16.9 Å². The van der Waals surface area contributed by atoms with E-state index in [9.17, 15) is 4.79 Å². The number of hydrogen-bond acceptors (Lipinski definition) is 5. The molecule has 1 N–H and O–H groups in total. The lowest BCUT2D eigenvalue weighted by atomic mass is 10.3. The molecule has 4 nitrogen and oxygen atoms in total. The van der Waals surface area contributed by atoms with Crippen LogP contribution in [-0.2, 0) is 0 Å². The van der Waals surface area contributed by atoms with Crippen LogP contribution in [0.25, 0.3) is 0 Å². The third-order valence-electron chi connectivity index (χ3n) is 2.21. The Bertz CT molecular complexity index is 590. The Morgan fingerprint density at radius 2 is 2.00 bits per heavy atom. The third kappa shape index (κ3) is 4.18. The fourth-order valence-electron chi connectivity index (χ4n) is 1.32. The van der Waals surface area contributed by atoms with E-state index in [-0.39, 0.29) is 0 Å². The lowest BCUT2D eigenvalue weighted by molar-refractivity contribution is 0.112. The second-order valence-electron chi connectivity index (χ2n) is 3.51. The molecule has 1 aliphatic heterocycles. The predicted molar refractivity (Wildman–Crippen MR) is 83.1 cm³/mol. The normalized spacial score (nSPS) is 11.6. The highest BCUT2D eigenvalue weighted by molar-refractivity contribution is 9.10. The van der Waals surface area contributed by atoms with Crippen molar-refractivity contribution in [2.75, 3.05) is 4.72 Å². The van der Waals surface area contributed by atoms with Crippen molar-refractivity contribution >= 4 is 51.1 Å². The molecule has 0 aliphatic carbocycles. The van der Waals surface area contributed by atoms with Gasteiger partial charge in [-0.1, -0.05) is 15.9 Å². The Morgan fingerprint density at radius 1 is 1.21 bits per heavy atom. The number of nitrogens with zero attached hydrogens (tertiary/aromatic N) is 2. The minimum atomic E-state index is 0.667. The summed E-state index contributed by atoms with van der Waals surface area (Å²) in [5, 5.41) is 0. The minimum absolute atomic E-state index is 0.667. The molecule has 96 valence electrons. The van der Waals surface area contributed by atoms with Crippen molar-refractivity contribution in [2.45, 2.75) is 0 Å². The Balaban J connectivity index is 0.000000148. The van der Waals surface area contributed by atoms with E-state index in [1.54, 1.807) is 30.1 Å². The zero-order valence-electron chi connectivity index (χ0n) is 9.79. The maximum atomic E-state index is 9.98. The Kier molecular flexibility index (Phi) is 5.11. The van der Waals surface area contributed by atoms with Gasteiger partial charge >= 0.3 is 0 Å². The molecule has 0 fully saturated rings. The second kappa shape index (κ2) is 7.06. The number of fused-ring (bicyclic) bond motifs is 1. The first-order valence-electron chi connectivity index (χ1n) is 5.38. The van der Waals surface area contributed by atoms with Gasteiger partial charge < -0.3 is 4.72 Å². The van der Waals surface area contributed by atoms with Crippen molar-refractivity contribution in [3.05, 3.63) is 52.8 Å². The van der Waals surface area contributed by atoms with E-state index in [4.69, 9.17) is 0 Å². The monoisotopic (exact) mass is 335 g/mol. The highest BCUT2D eigenvalue weighted by Gasteiger charge is 2.04. The summed E-state index contributed by atoms with van der Waals surface area (Å²) in [6, 6.07) is 9.29. The van der Waals surface area contributed by atoms with Crippen molar-refractivity contribution < 1.29 is 4.79 Å². The third-order valence-corrected chi connectivity index (χ3v) is 3.26. The van der Waals surface area contributed by atoms with Gasteiger partial charge in [0.1, 0.15) is 6.29 Å². The standard InChI is InChI=1S/C7H5BrN2S.C6H5NO/c8-5-1-2-6-7(3-5)10-11-4-9-6;8-5-6-1-3-7-4-2-6/h1-4,10H;1-5H. The number of halogens is 1. The Labute approximate surface area is 123 Å². The second-order valence-corrected chi connectivity index (χ2v) is 5.08. The fraction of sp³-hybridized carbons (Fsp3) is 0. The van der Waals surface area contributed by atoms with Crippen molar-refractivity contribution in [3.8, 4) is 0 Å². The molecule has 19 heavy (non-hydrogen) atoms. The fourth-order valence-corrected chi connectivity index (χ4v) is 2.19. The first-order chi connectivity index (χ1) is 9.29. The first-order valence-corrected chi connectivity index (χ1v) is 7.06. The van der Waals surface area contributed by atoms with Crippen LogP contribution < -0.4 is 4.72 Å². The van der Waals surface area contributed by atoms with Crippen LogP contribution in [0.3, 0.4) is 0 Å². The van der Waals surface area contributed by atoms with E-state index < -0.39 is 0 Å². The summed E-state index contributed by atoms with van der Waals surface area (Å²) < 4.78 is 4.21. The topological polar surface area (TPSA) is 54.4 Å². The molecule has 1 aromatic carbocycles. The summed E-state index contributed by atoms with van der Waals surface area (Å²) in [6.45, 7) is 0. The summed E-state index contributed by atoms with van der Waals surface area (Å²) in [5.74, 6) is 0.